The molecule has 0 spiro atoms. The SMILES string of the molecule is CCCCCCC(C(=O)O)C(O)(C(=O)O)C(CCCCCC)(CCCCCC)C(=O)O.CCCCCCOC(=O)CC(O)(CC(=O)OCCCCCC)C(=O)OCCCCCC. The van der Waals surface area contributed by atoms with Gasteiger partial charge in [-0.25, -0.2) is 9.59 Å². The van der Waals surface area contributed by atoms with Gasteiger partial charge in [0.1, 0.15) is 5.41 Å². The highest BCUT2D eigenvalue weighted by atomic mass is 16.6. The van der Waals surface area contributed by atoms with Crippen molar-refractivity contribution in [1.29, 1.82) is 0 Å². The lowest BCUT2D eigenvalue weighted by atomic mass is 9.59. The van der Waals surface area contributed by atoms with E-state index in [1.54, 1.807) is 0 Å². The fourth-order valence-corrected chi connectivity index (χ4v) is 7.61. The van der Waals surface area contributed by atoms with Crippen LogP contribution in [0.2, 0.25) is 0 Å². The van der Waals surface area contributed by atoms with E-state index in [9.17, 15) is 54.3 Å². The Morgan fingerprint density at radius 1 is 0.435 bits per heavy atom. The number of esters is 3. The van der Waals surface area contributed by atoms with E-state index in [-0.39, 0.29) is 39.1 Å². The molecule has 0 aliphatic rings. The summed E-state index contributed by atoms with van der Waals surface area (Å²) in [5, 5.41) is 52.5. The Labute approximate surface area is 373 Å². The van der Waals surface area contributed by atoms with Crippen molar-refractivity contribution < 1.29 is 68.5 Å². The van der Waals surface area contributed by atoms with Crippen LogP contribution < -0.4 is 0 Å². The highest BCUT2D eigenvalue weighted by Gasteiger charge is 2.65. The fourth-order valence-electron chi connectivity index (χ4n) is 7.61. The van der Waals surface area contributed by atoms with Crippen molar-refractivity contribution in [3.63, 3.8) is 0 Å². The fraction of sp³-hybridized carbons (Fsp3) is 0.875. The summed E-state index contributed by atoms with van der Waals surface area (Å²) in [4.78, 5) is 74.0. The molecular weight excluding hydrogens is 801 g/mol. The minimum absolute atomic E-state index is 0.0456. The van der Waals surface area contributed by atoms with E-state index in [0.717, 1.165) is 109 Å². The summed E-state index contributed by atoms with van der Waals surface area (Å²) >= 11 is 0. The van der Waals surface area contributed by atoms with Crippen LogP contribution in [0.3, 0.4) is 0 Å². The maximum atomic E-state index is 12.6. The maximum Gasteiger partial charge on any atom is 0.339 e. The van der Waals surface area contributed by atoms with Gasteiger partial charge in [-0.1, -0.05) is 176 Å². The quantitative estimate of drug-likeness (QED) is 0.0219. The Bertz CT molecular complexity index is 1180. The number of aliphatic hydroxyl groups is 2. The van der Waals surface area contributed by atoms with Crippen molar-refractivity contribution in [2.75, 3.05) is 19.8 Å². The molecule has 0 saturated carbocycles. The molecule has 364 valence electrons. The van der Waals surface area contributed by atoms with Gasteiger partial charge >= 0.3 is 35.8 Å². The highest BCUT2D eigenvalue weighted by Crippen LogP contribution is 2.48. The van der Waals surface area contributed by atoms with Gasteiger partial charge in [-0.2, -0.15) is 0 Å². The van der Waals surface area contributed by atoms with Crippen molar-refractivity contribution in [2.24, 2.45) is 11.3 Å². The standard InChI is InChI=1S/2C24H44O7/c1-4-7-10-13-16-29-21(25)19-24(28,23(27)31-18-15-12-9-6-3)20-22(26)30-17-14-11-8-5-2;1-4-7-10-13-16-19(20(25)26)24(31,22(29)30)23(21(27)28,17-14-11-8-5-2)18-15-12-9-6-3/h28H,4-20H2,1-3H3;19,31H,4-18H2,1-3H3,(H,25,26)(H,27,28)(H,29,30). The van der Waals surface area contributed by atoms with Crippen LogP contribution in [-0.2, 0) is 43.0 Å². The molecule has 0 aromatic rings. The minimum Gasteiger partial charge on any atom is -0.481 e. The third-order valence-electron chi connectivity index (χ3n) is 11.5. The van der Waals surface area contributed by atoms with Gasteiger partial charge in [0.2, 0.25) is 0 Å². The molecule has 0 aliphatic heterocycles. The Morgan fingerprint density at radius 2 is 0.774 bits per heavy atom. The molecule has 0 amide bonds. The van der Waals surface area contributed by atoms with Crippen molar-refractivity contribution in [2.45, 2.75) is 239 Å². The van der Waals surface area contributed by atoms with E-state index in [0.29, 0.717) is 44.9 Å². The largest absolute Gasteiger partial charge is 0.481 e. The second-order valence-electron chi connectivity index (χ2n) is 17.0. The third-order valence-corrected chi connectivity index (χ3v) is 11.5. The Hall–Kier alpha value is -3.26. The van der Waals surface area contributed by atoms with Crippen LogP contribution in [0, 0.1) is 11.3 Å². The summed E-state index contributed by atoms with van der Waals surface area (Å²) in [7, 11) is 0. The van der Waals surface area contributed by atoms with E-state index in [1.807, 2.05) is 20.8 Å². The predicted molar refractivity (Wildman–Crippen MR) is 240 cm³/mol. The Balaban J connectivity index is 0. The van der Waals surface area contributed by atoms with Crippen LogP contribution >= 0.6 is 0 Å². The molecule has 0 bridgehead atoms. The van der Waals surface area contributed by atoms with Gasteiger partial charge in [0, 0.05) is 0 Å². The van der Waals surface area contributed by atoms with Gasteiger partial charge in [-0.05, 0) is 38.5 Å². The normalized spacial score (nSPS) is 13.0. The van der Waals surface area contributed by atoms with Gasteiger partial charge < -0.3 is 39.7 Å². The summed E-state index contributed by atoms with van der Waals surface area (Å²) in [5.41, 5.74) is -7.17. The number of unbranched alkanes of at least 4 members (excludes halogenated alkanes) is 18. The summed E-state index contributed by atoms with van der Waals surface area (Å²) in [5.74, 6) is -8.70. The molecule has 2 atom stereocenters. The molecule has 0 aliphatic carbocycles. The zero-order valence-electron chi connectivity index (χ0n) is 39.6. The third kappa shape index (κ3) is 24.5. The predicted octanol–water partition coefficient (Wildman–Crippen LogP) is 10.4. The summed E-state index contributed by atoms with van der Waals surface area (Å²) in [6.07, 6.45) is 18.6. The van der Waals surface area contributed by atoms with E-state index in [1.165, 1.54) is 0 Å². The van der Waals surface area contributed by atoms with Crippen LogP contribution in [0.4, 0.5) is 0 Å². The van der Waals surface area contributed by atoms with Crippen molar-refractivity contribution in [3.05, 3.63) is 0 Å². The molecule has 2 unspecified atom stereocenters. The van der Waals surface area contributed by atoms with E-state index in [4.69, 9.17) is 14.2 Å². The molecule has 0 aromatic carbocycles. The molecule has 14 nitrogen and oxygen atoms in total. The number of rotatable bonds is 40. The molecule has 0 heterocycles. The lowest BCUT2D eigenvalue weighted by molar-refractivity contribution is -0.207. The van der Waals surface area contributed by atoms with Crippen molar-refractivity contribution in [1.82, 2.24) is 0 Å². The number of aliphatic carboxylic acids is 3. The lowest BCUT2D eigenvalue weighted by Gasteiger charge is -2.45. The molecule has 0 saturated heterocycles. The maximum absolute atomic E-state index is 12.6. The number of carbonyl (C=O) groups is 6. The van der Waals surface area contributed by atoms with Gasteiger partial charge in [0.25, 0.3) is 0 Å². The molecule has 14 heteroatoms. The summed E-state index contributed by atoms with van der Waals surface area (Å²) in [6.45, 7) is 12.9. The summed E-state index contributed by atoms with van der Waals surface area (Å²) in [6, 6.07) is 0. The van der Waals surface area contributed by atoms with E-state index < -0.39 is 71.2 Å². The second-order valence-corrected chi connectivity index (χ2v) is 17.0. The molecule has 0 rings (SSSR count). The van der Waals surface area contributed by atoms with Gasteiger partial charge in [-0.15, -0.1) is 0 Å². The lowest BCUT2D eigenvalue weighted by Crippen LogP contribution is -2.64. The highest BCUT2D eigenvalue weighted by molar-refractivity contribution is 5.93. The van der Waals surface area contributed by atoms with Crippen LogP contribution in [0.15, 0.2) is 0 Å². The molecule has 0 aromatic heterocycles. The zero-order chi connectivity index (χ0) is 47.3. The first-order valence-electron chi connectivity index (χ1n) is 24.2. The van der Waals surface area contributed by atoms with Crippen molar-refractivity contribution >= 4 is 35.8 Å². The monoisotopic (exact) mass is 889 g/mol. The van der Waals surface area contributed by atoms with Gasteiger partial charge in [-0.3, -0.25) is 19.2 Å². The smallest absolute Gasteiger partial charge is 0.339 e. The molecule has 0 fully saturated rings. The van der Waals surface area contributed by atoms with E-state index >= 15 is 0 Å². The van der Waals surface area contributed by atoms with Crippen LogP contribution in [0.1, 0.15) is 228 Å². The minimum atomic E-state index is -2.87. The second kappa shape index (κ2) is 37.1. The number of ether oxygens (including phenoxy) is 3. The average Bonchev–Trinajstić information content (AvgIpc) is 3.22. The first-order valence-corrected chi connectivity index (χ1v) is 24.2. The first-order chi connectivity index (χ1) is 29.5. The first kappa shape index (κ1) is 60.8. The van der Waals surface area contributed by atoms with Crippen LogP contribution in [0.25, 0.3) is 0 Å². The number of carboxylic acids is 3. The van der Waals surface area contributed by atoms with Gasteiger partial charge in [0.15, 0.2) is 11.2 Å². The zero-order valence-corrected chi connectivity index (χ0v) is 39.6. The Morgan fingerprint density at radius 3 is 1.10 bits per heavy atom. The molecule has 0 radical (unpaired) electrons. The topological polar surface area (TPSA) is 231 Å². The van der Waals surface area contributed by atoms with Crippen molar-refractivity contribution in [3.8, 4) is 0 Å². The average molecular weight is 889 g/mol. The molecular formula is C48H88O14. The number of hydrogen-bond acceptors (Lipinski definition) is 11. The number of carboxylic acid groups (broad SMARTS) is 3. The molecule has 62 heavy (non-hydrogen) atoms. The van der Waals surface area contributed by atoms with Crippen LogP contribution in [0.5, 0.6) is 0 Å². The van der Waals surface area contributed by atoms with Crippen LogP contribution in [-0.4, -0.2) is 92.4 Å². The Kier molecular flexibility index (Phi) is 36.4. The molecule has 5 N–H and O–H groups in total. The number of hydrogen-bond donors (Lipinski definition) is 5. The van der Waals surface area contributed by atoms with Gasteiger partial charge in [0.05, 0.1) is 38.6 Å². The van der Waals surface area contributed by atoms with E-state index in [2.05, 4.69) is 20.8 Å². The number of carbonyl (C=O) groups excluding carboxylic acids is 3. The summed E-state index contributed by atoms with van der Waals surface area (Å²) < 4.78 is 15.4.